The molecule has 1 aliphatic rings. The standard InChI is InChI=1S/C27H22FN3O2/c1-16-4-2-3-5-18(16)15-24(33)30-27-25(17-6-10-21(32)11-7-17)31-26-22-12-9-20(28)14-19(22)8-13-23(26)29-27/h2-7,9-12,14,32H,8,13,15H2,1H3,(H,29,30,33). The van der Waals surface area contributed by atoms with Gasteiger partial charge in [0, 0.05) is 11.1 Å². The number of phenolic OH excluding ortho intramolecular Hbond substituents is 1. The van der Waals surface area contributed by atoms with Gasteiger partial charge in [0.15, 0.2) is 5.82 Å². The zero-order chi connectivity index (χ0) is 22.9. The summed E-state index contributed by atoms with van der Waals surface area (Å²) in [4.78, 5) is 22.6. The van der Waals surface area contributed by atoms with E-state index < -0.39 is 0 Å². The third kappa shape index (κ3) is 4.20. The second-order valence-corrected chi connectivity index (χ2v) is 8.22. The molecule has 0 saturated carbocycles. The van der Waals surface area contributed by atoms with Crippen molar-refractivity contribution in [2.75, 3.05) is 5.32 Å². The third-order valence-electron chi connectivity index (χ3n) is 5.93. The van der Waals surface area contributed by atoms with Crippen LogP contribution < -0.4 is 5.32 Å². The number of halogens is 1. The number of nitrogens with zero attached hydrogens (tertiary/aromatic N) is 2. The van der Waals surface area contributed by atoms with Gasteiger partial charge < -0.3 is 10.4 Å². The number of phenols is 1. The molecular weight excluding hydrogens is 417 g/mol. The minimum Gasteiger partial charge on any atom is -0.508 e. The predicted octanol–water partition coefficient (Wildman–Crippen LogP) is 5.24. The molecule has 0 spiro atoms. The van der Waals surface area contributed by atoms with E-state index in [2.05, 4.69) is 5.32 Å². The maximum absolute atomic E-state index is 13.8. The van der Waals surface area contributed by atoms with Crippen molar-refractivity contribution in [3.63, 3.8) is 0 Å². The number of aromatic hydroxyl groups is 1. The lowest BCUT2D eigenvalue weighted by molar-refractivity contribution is -0.115. The number of aryl methyl sites for hydroxylation is 3. The molecule has 2 N–H and O–H groups in total. The first-order valence-electron chi connectivity index (χ1n) is 10.8. The molecular formula is C27H22FN3O2. The topological polar surface area (TPSA) is 75.1 Å². The SMILES string of the molecule is Cc1ccccc1CC(=O)Nc1nc2c(nc1-c1ccc(O)cc1)-c1ccc(F)cc1CC2. The van der Waals surface area contributed by atoms with Crippen molar-refractivity contribution in [2.45, 2.75) is 26.2 Å². The highest BCUT2D eigenvalue weighted by atomic mass is 19.1. The summed E-state index contributed by atoms with van der Waals surface area (Å²) in [5, 5.41) is 12.7. The Kier molecular flexibility index (Phi) is 5.34. The van der Waals surface area contributed by atoms with Crippen molar-refractivity contribution in [1.82, 2.24) is 9.97 Å². The van der Waals surface area contributed by atoms with Crippen molar-refractivity contribution in [1.29, 1.82) is 0 Å². The van der Waals surface area contributed by atoms with Crippen LogP contribution in [0, 0.1) is 12.7 Å². The fourth-order valence-corrected chi connectivity index (χ4v) is 4.18. The van der Waals surface area contributed by atoms with Gasteiger partial charge in [0.1, 0.15) is 17.3 Å². The summed E-state index contributed by atoms with van der Waals surface area (Å²) in [5.41, 5.74) is 6.41. The lowest BCUT2D eigenvalue weighted by Gasteiger charge is -2.21. The number of benzene rings is 3. The van der Waals surface area contributed by atoms with E-state index in [1.54, 1.807) is 30.3 Å². The van der Waals surface area contributed by atoms with Gasteiger partial charge in [-0.25, -0.2) is 14.4 Å². The monoisotopic (exact) mass is 439 g/mol. The third-order valence-corrected chi connectivity index (χ3v) is 5.93. The van der Waals surface area contributed by atoms with Crippen molar-refractivity contribution in [2.24, 2.45) is 0 Å². The van der Waals surface area contributed by atoms with E-state index in [9.17, 15) is 14.3 Å². The predicted molar refractivity (Wildman–Crippen MR) is 125 cm³/mol. The van der Waals surface area contributed by atoms with Crippen LogP contribution in [0.2, 0.25) is 0 Å². The molecule has 1 amide bonds. The molecule has 1 aliphatic carbocycles. The molecule has 0 saturated heterocycles. The Bertz CT molecular complexity index is 1370. The lowest BCUT2D eigenvalue weighted by atomic mass is 9.91. The number of aromatic nitrogens is 2. The highest BCUT2D eigenvalue weighted by Gasteiger charge is 2.23. The summed E-state index contributed by atoms with van der Waals surface area (Å²) >= 11 is 0. The quantitative estimate of drug-likeness (QED) is 0.456. The number of hydrogen-bond acceptors (Lipinski definition) is 4. The van der Waals surface area contributed by atoms with Gasteiger partial charge in [0.25, 0.3) is 0 Å². The zero-order valence-corrected chi connectivity index (χ0v) is 18.1. The largest absolute Gasteiger partial charge is 0.508 e. The average molecular weight is 439 g/mol. The van der Waals surface area contributed by atoms with Crippen LogP contribution in [-0.2, 0) is 24.1 Å². The fourth-order valence-electron chi connectivity index (χ4n) is 4.18. The maximum Gasteiger partial charge on any atom is 0.230 e. The number of carbonyl (C=O) groups excluding carboxylic acids is 1. The summed E-state index contributed by atoms with van der Waals surface area (Å²) in [5.74, 6) is 0.0556. The van der Waals surface area contributed by atoms with E-state index in [0.29, 0.717) is 35.6 Å². The molecule has 164 valence electrons. The minimum atomic E-state index is -0.274. The van der Waals surface area contributed by atoms with E-state index in [1.807, 2.05) is 31.2 Å². The molecule has 33 heavy (non-hydrogen) atoms. The van der Waals surface area contributed by atoms with Crippen LogP contribution in [0.4, 0.5) is 10.2 Å². The summed E-state index contributed by atoms with van der Waals surface area (Å²) in [6.45, 7) is 1.98. The molecule has 1 aromatic heterocycles. The molecule has 1 heterocycles. The lowest BCUT2D eigenvalue weighted by Crippen LogP contribution is -2.19. The minimum absolute atomic E-state index is 0.135. The molecule has 0 unspecified atom stereocenters. The van der Waals surface area contributed by atoms with E-state index in [-0.39, 0.29) is 23.9 Å². The van der Waals surface area contributed by atoms with Crippen molar-refractivity contribution in [3.8, 4) is 28.3 Å². The summed E-state index contributed by atoms with van der Waals surface area (Å²) in [6.07, 6.45) is 1.49. The molecule has 0 aliphatic heterocycles. The van der Waals surface area contributed by atoms with Crippen molar-refractivity contribution >= 4 is 11.7 Å². The number of anilines is 1. The fraction of sp³-hybridized carbons (Fsp3) is 0.148. The number of hydrogen-bond donors (Lipinski definition) is 2. The Morgan fingerprint density at radius 1 is 1.00 bits per heavy atom. The molecule has 0 atom stereocenters. The van der Waals surface area contributed by atoms with Gasteiger partial charge in [-0.1, -0.05) is 24.3 Å². The normalized spacial score (nSPS) is 12.1. The molecule has 0 radical (unpaired) electrons. The van der Waals surface area contributed by atoms with Gasteiger partial charge in [-0.05, 0) is 78.9 Å². The van der Waals surface area contributed by atoms with Crippen LogP contribution >= 0.6 is 0 Å². The first-order chi connectivity index (χ1) is 16.0. The average Bonchev–Trinajstić information content (AvgIpc) is 2.80. The number of carbonyl (C=O) groups is 1. The van der Waals surface area contributed by atoms with E-state index in [0.717, 1.165) is 27.9 Å². The van der Waals surface area contributed by atoms with Crippen LogP contribution in [0.1, 0.15) is 22.4 Å². The van der Waals surface area contributed by atoms with Gasteiger partial charge >= 0.3 is 0 Å². The van der Waals surface area contributed by atoms with Gasteiger partial charge in [-0.15, -0.1) is 0 Å². The summed E-state index contributed by atoms with van der Waals surface area (Å²) in [7, 11) is 0. The van der Waals surface area contributed by atoms with Crippen LogP contribution in [0.5, 0.6) is 5.75 Å². The summed E-state index contributed by atoms with van der Waals surface area (Å²) < 4.78 is 13.8. The summed E-state index contributed by atoms with van der Waals surface area (Å²) in [6, 6.07) is 19.1. The zero-order valence-electron chi connectivity index (χ0n) is 18.1. The molecule has 3 aromatic carbocycles. The molecule has 4 aromatic rings. The van der Waals surface area contributed by atoms with Gasteiger partial charge in [-0.2, -0.15) is 0 Å². The Balaban J connectivity index is 1.57. The van der Waals surface area contributed by atoms with Crippen LogP contribution in [0.25, 0.3) is 22.5 Å². The van der Waals surface area contributed by atoms with Gasteiger partial charge in [0.05, 0.1) is 17.8 Å². The van der Waals surface area contributed by atoms with Crippen molar-refractivity contribution in [3.05, 3.63) is 94.9 Å². The van der Waals surface area contributed by atoms with Gasteiger partial charge in [-0.3, -0.25) is 4.79 Å². The second-order valence-electron chi connectivity index (χ2n) is 8.22. The Morgan fingerprint density at radius 2 is 1.79 bits per heavy atom. The van der Waals surface area contributed by atoms with Gasteiger partial charge in [0.2, 0.25) is 5.91 Å². The van der Waals surface area contributed by atoms with Crippen molar-refractivity contribution < 1.29 is 14.3 Å². The maximum atomic E-state index is 13.8. The van der Waals surface area contributed by atoms with Crippen LogP contribution in [0.15, 0.2) is 66.7 Å². The smallest absolute Gasteiger partial charge is 0.230 e. The second kappa shape index (κ2) is 8.47. The number of fused-ring (bicyclic) bond motifs is 3. The van der Waals surface area contributed by atoms with E-state index >= 15 is 0 Å². The Morgan fingerprint density at radius 3 is 2.58 bits per heavy atom. The number of rotatable bonds is 4. The first kappa shape index (κ1) is 20.8. The van der Waals surface area contributed by atoms with Crippen LogP contribution in [-0.4, -0.2) is 21.0 Å². The highest BCUT2D eigenvalue weighted by Crippen LogP contribution is 2.36. The Labute approximate surface area is 191 Å². The van der Waals surface area contributed by atoms with E-state index in [1.165, 1.54) is 12.1 Å². The first-order valence-corrected chi connectivity index (χ1v) is 10.8. The molecule has 5 rings (SSSR count). The molecule has 5 nitrogen and oxygen atoms in total. The molecule has 0 fully saturated rings. The molecule has 6 heteroatoms. The number of amides is 1. The molecule has 0 bridgehead atoms. The van der Waals surface area contributed by atoms with Crippen LogP contribution in [0.3, 0.4) is 0 Å². The number of nitrogens with one attached hydrogen (secondary N) is 1. The van der Waals surface area contributed by atoms with E-state index in [4.69, 9.17) is 9.97 Å². The highest BCUT2D eigenvalue weighted by molar-refractivity contribution is 5.95. The Hall–Kier alpha value is -4.06.